The van der Waals surface area contributed by atoms with Crippen LogP contribution in [0.25, 0.3) is 0 Å². The first-order chi connectivity index (χ1) is 17.6. The number of hydrogen-bond donors (Lipinski definition) is 1. The molecule has 1 aromatic carbocycles. The molecule has 3 aromatic rings. The summed E-state index contributed by atoms with van der Waals surface area (Å²) in [5, 5.41) is 6.67. The summed E-state index contributed by atoms with van der Waals surface area (Å²) in [4.78, 5) is 30.7. The number of halogens is 3. The minimum absolute atomic E-state index is 0.138. The van der Waals surface area contributed by atoms with E-state index in [0.717, 1.165) is 17.8 Å². The highest BCUT2D eigenvalue weighted by molar-refractivity contribution is 6.00. The summed E-state index contributed by atoms with van der Waals surface area (Å²) in [6, 6.07) is 9.03. The molecule has 0 radical (unpaired) electrons. The Morgan fingerprint density at radius 2 is 1.86 bits per heavy atom. The molecule has 12 heteroatoms. The molecule has 1 saturated carbocycles. The zero-order valence-electron chi connectivity index (χ0n) is 20.0. The maximum Gasteiger partial charge on any atom is 0.417 e. The molecule has 1 N–H and O–H groups in total. The first-order valence-corrected chi connectivity index (χ1v) is 11.5. The molecule has 5 rings (SSSR count). The van der Waals surface area contributed by atoms with Gasteiger partial charge in [-0.3, -0.25) is 4.79 Å². The molecule has 2 aliphatic rings. The van der Waals surface area contributed by atoms with Crippen molar-refractivity contribution in [2.75, 3.05) is 25.1 Å². The van der Waals surface area contributed by atoms with Gasteiger partial charge in [-0.25, -0.2) is 9.78 Å². The van der Waals surface area contributed by atoms with Crippen molar-refractivity contribution in [3.63, 3.8) is 0 Å². The first-order valence-electron chi connectivity index (χ1n) is 11.5. The molecule has 1 amide bonds. The lowest BCUT2D eigenvalue weighted by molar-refractivity contribution is -0.137. The Labute approximate surface area is 209 Å². The maximum atomic E-state index is 13.5. The van der Waals surface area contributed by atoms with Gasteiger partial charge in [0.2, 0.25) is 0 Å². The number of ether oxygens (including phenoxy) is 2. The molecular weight excluding hydrogens is 493 g/mol. The Morgan fingerprint density at radius 3 is 2.43 bits per heavy atom. The van der Waals surface area contributed by atoms with Crippen LogP contribution < -0.4 is 15.0 Å². The van der Waals surface area contributed by atoms with Gasteiger partial charge in [-0.15, -0.1) is 0 Å². The van der Waals surface area contributed by atoms with Gasteiger partial charge in [-0.2, -0.15) is 13.2 Å². The third kappa shape index (κ3) is 4.95. The molecule has 1 aliphatic carbocycles. The summed E-state index contributed by atoms with van der Waals surface area (Å²) >= 11 is 0. The van der Waals surface area contributed by atoms with Crippen LogP contribution in [0.3, 0.4) is 0 Å². The van der Waals surface area contributed by atoms with Gasteiger partial charge >= 0.3 is 12.1 Å². The van der Waals surface area contributed by atoms with Gasteiger partial charge in [0.25, 0.3) is 11.8 Å². The van der Waals surface area contributed by atoms with Crippen molar-refractivity contribution in [3.05, 3.63) is 70.6 Å². The van der Waals surface area contributed by atoms with Crippen LogP contribution in [-0.4, -0.2) is 48.3 Å². The van der Waals surface area contributed by atoms with E-state index in [9.17, 15) is 22.8 Å². The van der Waals surface area contributed by atoms with E-state index in [1.54, 1.807) is 42.2 Å². The third-order valence-electron chi connectivity index (χ3n) is 6.44. The number of nitrogens with zero attached hydrogens (tertiary/aromatic N) is 3. The molecule has 1 saturated heterocycles. The molecule has 9 nitrogen and oxygen atoms in total. The summed E-state index contributed by atoms with van der Waals surface area (Å²) < 4.78 is 55.7. The number of anilines is 1. The molecular formula is C25H23F3N4O5. The minimum atomic E-state index is -4.66. The van der Waals surface area contributed by atoms with Crippen LogP contribution in [0.4, 0.5) is 19.0 Å². The Bertz CT molecular complexity index is 1330. The fourth-order valence-electron chi connectivity index (χ4n) is 4.23. The van der Waals surface area contributed by atoms with Crippen LogP contribution in [0.15, 0.2) is 47.1 Å². The summed E-state index contributed by atoms with van der Waals surface area (Å²) in [7, 11) is 1.28. The number of pyridine rings is 1. The first kappa shape index (κ1) is 24.6. The quantitative estimate of drug-likeness (QED) is 0.472. The van der Waals surface area contributed by atoms with E-state index >= 15 is 0 Å². The maximum absolute atomic E-state index is 13.5. The van der Waals surface area contributed by atoms with Crippen molar-refractivity contribution in [3.8, 4) is 5.88 Å². The van der Waals surface area contributed by atoms with Crippen molar-refractivity contribution in [1.82, 2.24) is 15.5 Å². The second-order valence-corrected chi connectivity index (χ2v) is 9.12. The molecule has 0 atom stereocenters. The van der Waals surface area contributed by atoms with Crippen LogP contribution in [-0.2, 0) is 16.5 Å². The monoisotopic (exact) mass is 516 g/mol. The van der Waals surface area contributed by atoms with Crippen LogP contribution in [0, 0.1) is 6.92 Å². The summed E-state index contributed by atoms with van der Waals surface area (Å²) in [5.41, 5.74) is -0.825. The smallest absolute Gasteiger partial charge is 0.417 e. The number of alkyl halides is 3. The molecule has 37 heavy (non-hydrogen) atoms. The summed E-state index contributed by atoms with van der Waals surface area (Å²) in [6.07, 6.45) is -3.01. The molecule has 1 aliphatic heterocycles. The van der Waals surface area contributed by atoms with Crippen molar-refractivity contribution in [1.29, 1.82) is 0 Å². The standard InChI is InChI=1S/C25H23F3N4O5/c1-14-9-20(31-37-14)36-18-12-32(13-18)21-19(10-17(11-29-21)25(26,27)28)22(33)30-24(7-8-24)16-5-3-15(4-6-16)23(34)35-2/h3-6,9-11,18H,7-8,12-13H2,1-2H3,(H,30,33). The predicted molar refractivity (Wildman–Crippen MR) is 123 cm³/mol. The summed E-state index contributed by atoms with van der Waals surface area (Å²) in [6.45, 7) is 2.35. The van der Waals surface area contributed by atoms with E-state index in [2.05, 4.69) is 15.5 Å². The van der Waals surface area contributed by atoms with Crippen LogP contribution in [0.1, 0.15) is 50.4 Å². The number of benzene rings is 1. The molecule has 0 bridgehead atoms. The fraction of sp³-hybridized carbons (Fsp3) is 0.360. The second-order valence-electron chi connectivity index (χ2n) is 9.12. The van der Waals surface area contributed by atoms with Gasteiger partial charge < -0.3 is 24.2 Å². The number of carbonyl (C=O) groups is 2. The highest BCUT2D eigenvalue weighted by Gasteiger charge is 2.47. The van der Waals surface area contributed by atoms with Gasteiger partial charge in [-0.1, -0.05) is 12.1 Å². The molecule has 0 spiro atoms. The van der Waals surface area contributed by atoms with Crippen LogP contribution in [0.5, 0.6) is 5.88 Å². The van der Waals surface area contributed by atoms with E-state index in [-0.39, 0.29) is 17.5 Å². The Morgan fingerprint density at radius 1 is 1.16 bits per heavy atom. The van der Waals surface area contributed by atoms with Gasteiger partial charge in [0.1, 0.15) is 17.7 Å². The number of aromatic nitrogens is 2. The number of hydrogen-bond acceptors (Lipinski definition) is 8. The average Bonchev–Trinajstić information content (AvgIpc) is 3.51. The SMILES string of the molecule is COC(=O)c1ccc(C2(NC(=O)c3cc(C(F)(F)F)cnc3N3CC(Oc4cc(C)on4)C3)CC2)cc1. The van der Waals surface area contributed by atoms with Crippen molar-refractivity contribution < 1.29 is 36.8 Å². The number of aryl methyl sites for hydroxylation is 1. The van der Waals surface area contributed by atoms with E-state index in [4.69, 9.17) is 14.0 Å². The van der Waals surface area contributed by atoms with E-state index in [0.29, 0.717) is 43.1 Å². The second kappa shape index (κ2) is 9.09. The van der Waals surface area contributed by atoms with Gasteiger partial charge in [0.05, 0.1) is 42.4 Å². The fourth-order valence-corrected chi connectivity index (χ4v) is 4.23. The lowest BCUT2D eigenvalue weighted by Crippen LogP contribution is -2.55. The van der Waals surface area contributed by atoms with Crippen molar-refractivity contribution in [2.45, 2.75) is 37.6 Å². The van der Waals surface area contributed by atoms with Crippen molar-refractivity contribution in [2.24, 2.45) is 0 Å². The highest BCUT2D eigenvalue weighted by atomic mass is 19.4. The van der Waals surface area contributed by atoms with Crippen LogP contribution in [0.2, 0.25) is 0 Å². The zero-order valence-corrected chi connectivity index (χ0v) is 20.0. The van der Waals surface area contributed by atoms with E-state index in [1.807, 2.05) is 0 Å². The largest absolute Gasteiger partial charge is 0.468 e. The predicted octanol–water partition coefficient (Wildman–Crippen LogP) is 3.87. The normalized spacial score (nSPS) is 16.6. The van der Waals surface area contributed by atoms with Gasteiger partial charge in [0.15, 0.2) is 0 Å². The van der Waals surface area contributed by atoms with Gasteiger partial charge in [0, 0.05) is 12.3 Å². The third-order valence-corrected chi connectivity index (χ3v) is 6.44. The Kier molecular flexibility index (Phi) is 6.04. The zero-order chi connectivity index (χ0) is 26.4. The molecule has 3 heterocycles. The number of nitrogens with one attached hydrogen (secondary N) is 1. The van der Waals surface area contributed by atoms with Crippen molar-refractivity contribution >= 4 is 17.7 Å². The number of methoxy groups -OCH3 is 1. The topological polar surface area (TPSA) is 107 Å². The van der Waals surface area contributed by atoms with Gasteiger partial charge in [-0.05, 0) is 48.7 Å². The molecule has 0 unspecified atom stereocenters. The number of amides is 1. The lowest BCUT2D eigenvalue weighted by Gasteiger charge is -2.40. The molecule has 194 valence electrons. The molecule has 2 aromatic heterocycles. The Hall–Kier alpha value is -4.09. The number of esters is 1. The number of rotatable bonds is 7. The summed E-state index contributed by atoms with van der Waals surface area (Å²) in [5.74, 6) is -0.119. The average molecular weight is 516 g/mol. The number of carbonyl (C=O) groups excluding carboxylic acids is 2. The van der Waals surface area contributed by atoms with E-state index in [1.165, 1.54) is 7.11 Å². The molecule has 2 fully saturated rings. The van der Waals surface area contributed by atoms with Crippen LogP contribution >= 0.6 is 0 Å². The Balaban J connectivity index is 1.35. The minimum Gasteiger partial charge on any atom is -0.468 e. The van der Waals surface area contributed by atoms with E-state index < -0.39 is 29.2 Å². The lowest BCUT2D eigenvalue weighted by atomic mass is 10.0. The highest BCUT2D eigenvalue weighted by Crippen LogP contribution is 2.46.